The Balaban J connectivity index is 1.57. The number of non-ortho nitro benzene ring substituents is 1. The number of thioether (sulfide) groups is 1. The van der Waals surface area contributed by atoms with Crippen molar-refractivity contribution in [2.24, 2.45) is 0 Å². The third-order valence-corrected chi connectivity index (χ3v) is 4.21. The SMILES string of the molecule is Cc1ccc(-n2nnnc2SCCOc2cccc([N+](=O)[O-])c2)cc1. The largest absolute Gasteiger partial charge is 0.492 e. The minimum atomic E-state index is -0.447. The van der Waals surface area contributed by atoms with Crippen molar-refractivity contribution in [3.05, 3.63) is 64.2 Å². The Morgan fingerprint density at radius 1 is 1.24 bits per heavy atom. The molecule has 0 aliphatic carbocycles. The number of ether oxygens (including phenoxy) is 1. The summed E-state index contributed by atoms with van der Waals surface area (Å²) in [7, 11) is 0. The van der Waals surface area contributed by atoms with Crippen LogP contribution in [0.1, 0.15) is 5.56 Å². The van der Waals surface area contributed by atoms with E-state index in [1.165, 1.54) is 23.9 Å². The lowest BCUT2D eigenvalue weighted by atomic mass is 10.2. The van der Waals surface area contributed by atoms with Crippen LogP contribution in [0.5, 0.6) is 5.75 Å². The van der Waals surface area contributed by atoms with E-state index in [2.05, 4.69) is 15.5 Å². The first-order valence-electron chi connectivity index (χ1n) is 7.49. The molecule has 1 heterocycles. The lowest BCUT2D eigenvalue weighted by Crippen LogP contribution is -2.03. The lowest BCUT2D eigenvalue weighted by Gasteiger charge is -2.06. The Labute approximate surface area is 148 Å². The molecule has 128 valence electrons. The van der Waals surface area contributed by atoms with Crippen LogP contribution in [0.3, 0.4) is 0 Å². The molecule has 0 N–H and O–H groups in total. The highest BCUT2D eigenvalue weighted by Crippen LogP contribution is 2.21. The number of benzene rings is 2. The average Bonchev–Trinajstić information content (AvgIpc) is 3.08. The summed E-state index contributed by atoms with van der Waals surface area (Å²) in [6, 6.07) is 14.0. The summed E-state index contributed by atoms with van der Waals surface area (Å²) in [5.74, 6) is 1.07. The summed E-state index contributed by atoms with van der Waals surface area (Å²) in [6.07, 6.45) is 0. The van der Waals surface area contributed by atoms with E-state index >= 15 is 0 Å². The molecule has 0 saturated carbocycles. The maximum atomic E-state index is 10.8. The molecule has 0 radical (unpaired) electrons. The monoisotopic (exact) mass is 357 g/mol. The van der Waals surface area contributed by atoms with Gasteiger partial charge in [-0.1, -0.05) is 35.5 Å². The highest BCUT2D eigenvalue weighted by molar-refractivity contribution is 7.99. The van der Waals surface area contributed by atoms with E-state index in [4.69, 9.17) is 4.74 Å². The molecule has 1 aromatic heterocycles. The minimum absolute atomic E-state index is 0.00784. The normalized spacial score (nSPS) is 10.6. The van der Waals surface area contributed by atoms with Crippen LogP contribution in [0.2, 0.25) is 0 Å². The second kappa shape index (κ2) is 7.75. The fourth-order valence-corrected chi connectivity index (χ4v) is 2.80. The zero-order chi connectivity index (χ0) is 17.6. The van der Waals surface area contributed by atoms with Crippen LogP contribution < -0.4 is 4.74 Å². The fourth-order valence-electron chi connectivity index (χ4n) is 2.10. The highest BCUT2D eigenvalue weighted by atomic mass is 32.2. The maximum Gasteiger partial charge on any atom is 0.273 e. The van der Waals surface area contributed by atoms with Gasteiger partial charge in [-0.05, 0) is 35.5 Å². The average molecular weight is 357 g/mol. The van der Waals surface area contributed by atoms with Gasteiger partial charge in [-0.2, -0.15) is 4.68 Å². The Morgan fingerprint density at radius 3 is 2.80 bits per heavy atom. The van der Waals surface area contributed by atoms with Crippen LogP contribution >= 0.6 is 11.8 Å². The molecule has 25 heavy (non-hydrogen) atoms. The molecule has 0 amide bonds. The van der Waals surface area contributed by atoms with Crippen molar-refractivity contribution in [3.63, 3.8) is 0 Å². The zero-order valence-electron chi connectivity index (χ0n) is 13.4. The predicted octanol–water partition coefficient (Wildman–Crippen LogP) is 3.05. The molecule has 0 aliphatic rings. The molecular weight excluding hydrogens is 342 g/mol. The molecule has 0 unspecified atom stereocenters. The highest BCUT2D eigenvalue weighted by Gasteiger charge is 2.10. The van der Waals surface area contributed by atoms with Gasteiger partial charge in [0, 0.05) is 11.8 Å². The summed E-state index contributed by atoms with van der Waals surface area (Å²) in [4.78, 5) is 10.3. The van der Waals surface area contributed by atoms with Crippen LogP contribution in [0.4, 0.5) is 5.69 Å². The number of aromatic nitrogens is 4. The quantitative estimate of drug-likeness (QED) is 0.277. The van der Waals surface area contributed by atoms with Gasteiger partial charge in [-0.3, -0.25) is 10.1 Å². The molecule has 8 nitrogen and oxygen atoms in total. The topological polar surface area (TPSA) is 96.0 Å². The van der Waals surface area contributed by atoms with E-state index in [-0.39, 0.29) is 5.69 Å². The molecule has 9 heteroatoms. The van der Waals surface area contributed by atoms with Gasteiger partial charge >= 0.3 is 0 Å². The van der Waals surface area contributed by atoms with Gasteiger partial charge < -0.3 is 4.74 Å². The summed E-state index contributed by atoms with van der Waals surface area (Å²) in [6.45, 7) is 2.40. The summed E-state index contributed by atoms with van der Waals surface area (Å²) in [5.41, 5.74) is 2.06. The zero-order valence-corrected chi connectivity index (χ0v) is 14.2. The number of nitro benzene ring substituents is 1. The van der Waals surface area contributed by atoms with Gasteiger partial charge in [-0.25, -0.2) is 0 Å². The molecule has 2 aromatic carbocycles. The van der Waals surface area contributed by atoms with Gasteiger partial charge in [0.05, 0.1) is 23.3 Å². The van der Waals surface area contributed by atoms with Crippen LogP contribution in [-0.4, -0.2) is 37.5 Å². The standard InChI is InChI=1S/C16H15N5O3S/c1-12-5-7-13(8-6-12)20-16(17-18-19-20)25-10-9-24-15-4-2-3-14(11-15)21(22)23/h2-8,11H,9-10H2,1H3. The van der Waals surface area contributed by atoms with Gasteiger partial charge in [0.25, 0.3) is 5.69 Å². The first-order chi connectivity index (χ1) is 12.1. The van der Waals surface area contributed by atoms with Crippen LogP contribution in [0.15, 0.2) is 53.7 Å². The second-order valence-corrected chi connectivity index (χ2v) is 6.22. The first kappa shape index (κ1) is 16.9. The molecule has 0 spiro atoms. The Hall–Kier alpha value is -2.94. The van der Waals surface area contributed by atoms with Gasteiger partial charge in [0.2, 0.25) is 5.16 Å². The number of hydrogen-bond donors (Lipinski definition) is 0. The number of aryl methyl sites for hydroxylation is 1. The second-order valence-electron chi connectivity index (χ2n) is 5.16. The fraction of sp³-hybridized carbons (Fsp3) is 0.188. The van der Waals surface area contributed by atoms with Crippen LogP contribution in [0, 0.1) is 17.0 Å². The van der Waals surface area contributed by atoms with Crippen LogP contribution in [0.25, 0.3) is 5.69 Å². The van der Waals surface area contributed by atoms with Crippen molar-refractivity contribution in [1.82, 2.24) is 20.2 Å². The van der Waals surface area contributed by atoms with Crippen molar-refractivity contribution in [2.45, 2.75) is 12.1 Å². The lowest BCUT2D eigenvalue weighted by molar-refractivity contribution is -0.384. The smallest absolute Gasteiger partial charge is 0.273 e. The molecule has 0 saturated heterocycles. The molecule has 0 fully saturated rings. The van der Waals surface area contributed by atoms with Crippen molar-refractivity contribution >= 4 is 17.4 Å². The molecular formula is C16H15N5O3S. The minimum Gasteiger partial charge on any atom is -0.492 e. The van der Waals surface area contributed by atoms with E-state index in [9.17, 15) is 10.1 Å². The van der Waals surface area contributed by atoms with Crippen molar-refractivity contribution < 1.29 is 9.66 Å². The number of hydrogen-bond acceptors (Lipinski definition) is 7. The van der Waals surface area contributed by atoms with E-state index in [1.54, 1.807) is 16.8 Å². The predicted molar refractivity (Wildman–Crippen MR) is 93.2 cm³/mol. The van der Waals surface area contributed by atoms with E-state index < -0.39 is 4.92 Å². The van der Waals surface area contributed by atoms with Crippen LogP contribution in [-0.2, 0) is 0 Å². The number of tetrazole rings is 1. The number of rotatable bonds is 7. The summed E-state index contributed by atoms with van der Waals surface area (Å²) < 4.78 is 7.22. The molecule has 0 atom stereocenters. The van der Waals surface area contributed by atoms with Crippen molar-refractivity contribution in [3.8, 4) is 11.4 Å². The molecule has 0 aliphatic heterocycles. The molecule has 0 bridgehead atoms. The Morgan fingerprint density at radius 2 is 2.04 bits per heavy atom. The Kier molecular flexibility index (Phi) is 5.24. The van der Waals surface area contributed by atoms with Gasteiger partial charge in [0.15, 0.2) is 0 Å². The van der Waals surface area contributed by atoms with Gasteiger partial charge in [0.1, 0.15) is 5.75 Å². The number of nitrogens with zero attached hydrogens (tertiary/aromatic N) is 5. The first-order valence-corrected chi connectivity index (χ1v) is 8.47. The van der Waals surface area contributed by atoms with E-state index in [0.717, 1.165) is 11.3 Å². The Bertz CT molecular complexity index is 866. The summed E-state index contributed by atoms with van der Waals surface area (Å²) >= 11 is 1.45. The van der Waals surface area contributed by atoms with Crippen molar-refractivity contribution in [2.75, 3.05) is 12.4 Å². The number of nitro groups is 1. The van der Waals surface area contributed by atoms with Crippen molar-refractivity contribution in [1.29, 1.82) is 0 Å². The van der Waals surface area contributed by atoms with Gasteiger partial charge in [-0.15, -0.1) is 5.10 Å². The van der Waals surface area contributed by atoms with E-state index in [1.807, 2.05) is 31.2 Å². The maximum absolute atomic E-state index is 10.8. The van der Waals surface area contributed by atoms with E-state index in [0.29, 0.717) is 23.3 Å². The third-order valence-electron chi connectivity index (χ3n) is 3.33. The molecule has 3 aromatic rings. The third kappa shape index (κ3) is 4.32. The molecule has 3 rings (SSSR count). The summed E-state index contributed by atoms with van der Waals surface area (Å²) in [5, 5.41) is 23.1.